The summed E-state index contributed by atoms with van der Waals surface area (Å²) in [5.41, 5.74) is 7.56. The molecule has 0 saturated carbocycles. The van der Waals surface area contributed by atoms with Gasteiger partial charge in [-0.15, -0.1) is 12.4 Å². The zero-order valence-corrected chi connectivity index (χ0v) is 14.6. The number of pyridine rings is 1. The van der Waals surface area contributed by atoms with Crippen molar-refractivity contribution in [3.8, 4) is 0 Å². The van der Waals surface area contributed by atoms with Crippen molar-refractivity contribution in [2.24, 2.45) is 0 Å². The van der Waals surface area contributed by atoms with Crippen LogP contribution in [0.2, 0.25) is 0 Å². The maximum absolute atomic E-state index is 4.80. The van der Waals surface area contributed by atoms with Crippen molar-refractivity contribution in [3.05, 3.63) is 65.1 Å². The Morgan fingerprint density at radius 2 is 1.87 bits per heavy atom. The lowest BCUT2D eigenvalue weighted by Crippen LogP contribution is -2.34. The van der Waals surface area contributed by atoms with E-state index < -0.39 is 0 Å². The number of fused-ring (bicyclic) bond motifs is 2. The lowest BCUT2D eigenvalue weighted by atomic mass is 9.93. The number of anilines is 1. The lowest BCUT2D eigenvalue weighted by Gasteiger charge is -2.37. The van der Waals surface area contributed by atoms with E-state index in [1.807, 2.05) is 0 Å². The normalized spacial score (nSPS) is 17.0. The first-order chi connectivity index (χ1) is 10.7. The standard InChI is InChI=1S/C19H21N3.ClH/c1-13-14(2)22-11-6-9-18(19(22)20-13)21-12-10-16-7-4-5-8-17(16)15(21)3;/h4-9,11,15H,10,12H2,1-3H3;1H. The molecule has 23 heavy (non-hydrogen) atoms. The SMILES string of the molecule is Cc1nc2c(N3CCc4ccccc4C3C)cccn2c1C.Cl. The van der Waals surface area contributed by atoms with Gasteiger partial charge < -0.3 is 9.30 Å². The van der Waals surface area contributed by atoms with Crippen LogP contribution in [0.3, 0.4) is 0 Å². The van der Waals surface area contributed by atoms with Crippen LogP contribution in [0.25, 0.3) is 5.65 Å². The molecule has 0 aliphatic carbocycles. The Labute approximate surface area is 143 Å². The maximum Gasteiger partial charge on any atom is 0.160 e. The van der Waals surface area contributed by atoms with Gasteiger partial charge in [0.2, 0.25) is 0 Å². The molecule has 4 rings (SSSR count). The Morgan fingerprint density at radius 3 is 2.70 bits per heavy atom. The summed E-state index contributed by atoms with van der Waals surface area (Å²) in [6.45, 7) is 7.56. The smallest absolute Gasteiger partial charge is 0.160 e. The van der Waals surface area contributed by atoms with Crippen LogP contribution in [0.4, 0.5) is 5.69 Å². The molecule has 4 heteroatoms. The van der Waals surface area contributed by atoms with Crippen molar-refractivity contribution in [2.75, 3.05) is 11.4 Å². The van der Waals surface area contributed by atoms with Gasteiger partial charge in [0.15, 0.2) is 5.65 Å². The summed E-state index contributed by atoms with van der Waals surface area (Å²) >= 11 is 0. The molecule has 1 unspecified atom stereocenters. The number of aromatic nitrogens is 2. The van der Waals surface area contributed by atoms with Crippen LogP contribution >= 0.6 is 12.4 Å². The fraction of sp³-hybridized carbons (Fsp3) is 0.316. The molecular formula is C19H22ClN3. The highest BCUT2D eigenvalue weighted by molar-refractivity contribution is 5.85. The molecular weight excluding hydrogens is 306 g/mol. The fourth-order valence-corrected chi connectivity index (χ4v) is 3.61. The third-order valence-corrected chi connectivity index (χ3v) is 5.01. The molecule has 0 amide bonds. The molecule has 1 atom stereocenters. The Kier molecular flexibility index (Phi) is 4.07. The third-order valence-electron chi connectivity index (χ3n) is 5.01. The van der Waals surface area contributed by atoms with Gasteiger partial charge in [0.05, 0.1) is 17.4 Å². The van der Waals surface area contributed by atoms with E-state index in [0.29, 0.717) is 6.04 Å². The topological polar surface area (TPSA) is 20.5 Å². The highest BCUT2D eigenvalue weighted by Crippen LogP contribution is 2.35. The molecule has 1 aliphatic rings. The molecule has 0 bridgehead atoms. The Balaban J connectivity index is 0.00000156. The van der Waals surface area contributed by atoms with Gasteiger partial charge in [-0.05, 0) is 50.5 Å². The lowest BCUT2D eigenvalue weighted by molar-refractivity contribution is 0.625. The molecule has 1 aromatic carbocycles. The van der Waals surface area contributed by atoms with Crippen molar-refractivity contribution < 1.29 is 0 Å². The Bertz CT molecular complexity index is 853. The highest BCUT2D eigenvalue weighted by Gasteiger charge is 2.25. The number of hydrogen-bond acceptors (Lipinski definition) is 2. The van der Waals surface area contributed by atoms with Crippen LogP contribution in [0.15, 0.2) is 42.6 Å². The number of benzene rings is 1. The minimum absolute atomic E-state index is 0. The van der Waals surface area contributed by atoms with Crippen LogP contribution in [0.5, 0.6) is 0 Å². The van der Waals surface area contributed by atoms with Gasteiger partial charge in [0, 0.05) is 18.4 Å². The van der Waals surface area contributed by atoms with Crippen molar-refractivity contribution in [2.45, 2.75) is 33.2 Å². The number of halogens is 1. The van der Waals surface area contributed by atoms with Gasteiger partial charge in [-0.2, -0.15) is 0 Å². The zero-order valence-electron chi connectivity index (χ0n) is 13.8. The van der Waals surface area contributed by atoms with E-state index in [1.54, 1.807) is 0 Å². The van der Waals surface area contributed by atoms with E-state index >= 15 is 0 Å². The molecule has 0 N–H and O–H groups in total. The molecule has 0 saturated heterocycles. The number of rotatable bonds is 1. The van der Waals surface area contributed by atoms with Gasteiger partial charge in [0.1, 0.15) is 0 Å². The first-order valence-electron chi connectivity index (χ1n) is 7.95. The molecule has 1 aliphatic heterocycles. The van der Waals surface area contributed by atoms with Crippen molar-refractivity contribution in [3.63, 3.8) is 0 Å². The summed E-state index contributed by atoms with van der Waals surface area (Å²) < 4.78 is 2.21. The summed E-state index contributed by atoms with van der Waals surface area (Å²) in [6.07, 6.45) is 3.21. The first-order valence-corrected chi connectivity index (χ1v) is 7.95. The quantitative estimate of drug-likeness (QED) is 0.656. The highest BCUT2D eigenvalue weighted by atomic mass is 35.5. The minimum atomic E-state index is 0. The van der Waals surface area contributed by atoms with Crippen LogP contribution in [-0.2, 0) is 6.42 Å². The van der Waals surface area contributed by atoms with Gasteiger partial charge in [-0.3, -0.25) is 0 Å². The average Bonchev–Trinajstić information content (AvgIpc) is 2.83. The molecule has 120 valence electrons. The summed E-state index contributed by atoms with van der Waals surface area (Å²) in [5, 5.41) is 0. The summed E-state index contributed by atoms with van der Waals surface area (Å²) in [4.78, 5) is 7.29. The van der Waals surface area contributed by atoms with Gasteiger partial charge >= 0.3 is 0 Å². The van der Waals surface area contributed by atoms with Crippen molar-refractivity contribution >= 4 is 23.7 Å². The fourth-order valence-electron chi connectivity index (χ4n) is 3.61. The van der Waals surface area contributed by atoms with Crippen molar-refractivity contribution in [1.29, 1.82) is 0 Å². The van der Waals surface area contributed by atoms with Crippen LogP contribution in [0, 0.1) is 13.8 Å². The largest absolute Gasteiger partial charge is 0.361 e. The predicted molar refractivity (Wildman–Crippen MR) is 97.8 cm³/mol. The number of aryl methyl sites for hydroxylation is 2. The van der Waals surface area contributed by atoms with E-state index in [4.69, 9.17) is 4.98 Å². The molecule has 3 heterocycles. The monoisotopic (exact) mass is 327 g/mol. The van der Waals surface area contributed by atoms with Crippen LogP contribution in [0.1, 0.15) is 35.5 Å². The van der Waals surface area contributed by atoms with Gasteiger partial charge in [0.25, 0.3) is 0 Å². The molecule has 3 nitrogen and oxygen atoms in total. The number of hydrogen-bond donors (Lipinski definition) is 0. The molecule has 2 aromatic heterocycles. The third kappa shape index (κ3) is 2.40. The van der Waals surface area contributed by atoms with E-state index in [2.05, 4.69) is 72.7 Å². The van der Waals surface area contributed by atoms with Crippen LogP contribution < -0.4 is 4.90 Å². The predicted octanol–water partition coefficient (Wildman–Crippen LogP) is 4.50. The molecule has 0 spiro atoms. The zero-order chi connectivity index (χ0) is 15.3. The molecule has 3 aromatic rings. The van der Waals surface area contributed by atoms with E-state index in [0.717, 1.165) is 24.3 Å². The van der Waals surface area contributed by atoms with E-state index in [-0.39, 0.29) is 12.4 Å². The van der Waals surface area contributed by atoms with Gasteiger partial charge in [-0.25, -0.2) is 4.98 Å². The second-order valence-corrected chi connectivity index (χ2v) is 6.19. The summed E-state index contributed by atoms with van der Waals surface area (Å²) in [5.74, 6) is 0. The Hall–Kier alpha value is -2.00. The van der Waals surface area contributed by atoms with Crippen LogP contribution in [-0.4, -0.2) is 15.9 Å². The average molecular weight is 328 g/mol. The van der Waals surface area contributed by atoms with E-state index in [9.17, 15) is 0 Å². The second kappa shape index (κ2) is 5.89. The van der Waals surface area contributed by atoms with Crippen molar-refractivity contribution in [1.82, 2.24) is 9.38 Å². The van der Waals surface area contributed by atoms with Gasteiger partial charge in [-0.1, -0.05) is 24.3 Å². The van der Waals surface area contributed by atoms with E-state index in [1.165, 1.54) is 22.5 Å². The second-order valence-electron chi connectivity index (χ2n) is 6.19. The molecule has 0 fully saturated rings. The minimum Gasteiger partial charge on any atom is -0.361 e. The number of imidazole rings is 1. The summed E-state index contributed by atoms with van der Waals surface area (Å²) in [6, 6.07) is 13.5. The number of nitrogens with zero attached hydrogens (tertiary/aromatic N) is 3. The molecule has 0 radical (unpaired) electrons. The first kappa shape index (κ1) is 15.9. The Morgan fingerprint density at radius 1 is 1.09 bits per heavy atom. The maximum atomic E-state index is 4.80. The summed E-state index contributed by atoms with van der Waals surface area (Å²) in [7, 11) is 0.